The minimum absolute atomic E-state index is 0.107. The number of hydrogen-bond acceptors (Lipinski definition) is 8. The third-order valence-electron chi connectivity index (χ3n) is 6.53. The first kappa shape index (κ1) is 34.9. The zero-order chi connectivity index (χ0) is 31.8. The highest BCUT2D eigenvalue weighted by atomic mass is 16.5. The molecule has 0 fully saturated rings. The molecule has 0 saturated carbocycles. The van der Waals surface area contributed by atoms with Crippen LogP contribution in [0.25, 0.3) is 0 Å². The summed E-state index contributed by atoms with van der Waals surface area (Å²) in [7, 11) is 0. The molecule has 1 heterocycles. The molecule has 0 aromatic heterocycles. The number of primary amides is 1. The molecular weight excluding hydrogens is 560 g/mol. The van der Waals surface area contributed by atoms with Gasteiger partial charge in [-0.15, -0.1) is 0 Å². The summed E-state index contributed by atoms with van der Waals surface area (Å²) in [5.74, 6) is -2.33. The molecule has 1 aliphatic heterocycles. The van der Waals surface area contributed by atoms with E-state index in [9.17, 15) is 33.9 Å². The first-order valence-electron chi connectivity index (χ1n) is 14.3. The van der Waals surface area contributed by atoms with Crippen LogP contribution < -0.4 is 27.0 Å². The van der Waals surface area contributed by atoms with Crippen molar-refractivity contribution in [2.24, 2.45) is 11.7 Å². The summed E-state index contributed by atoms with van der Waals surface area (Å²) in [6, 6.07) is 4.01. The summed E-state index contributed by atoms with van der Waals surface area (Å²) in [6.07, 6.45) is 3.98. The molecule has 0 aliphatic carbocycles. The molecule has 0 radical (unpaired) electrons. The van der Waals surface area contributed by atoms with Gasteiger partial charge in [0, 0.05) is 50.6 Å². The number of hydrogen-bond donors (Lipinski definition) is 6. The van der Waals surface area contributed by atoms with Gasteiger partial charge in [0.1, 0.15) is 12.1 Å². The number of aliphatic hydroxyl groups excluding tert-OH is 1. The fourth-order valence-corrected chi connectivity index (χ4v) is 4.16. The van der Waals surface area contributed by atoms with Gasteiger partial charge in [-0.2, -0.15) is 0 Å². The fraction of sp³-hybridized carbons (Fsp3) is 0.517. The zero-order valence-electron chi connectivity index (χ0n) is 24.6. The van der Waals surface area contributed by atoms with Crippen molar-refractivity contribution in [3.63, 3.8) is 0 Å². The summed E-state index contributed by atoms with van der Waals surface area (Å²) < 4.78 is 5.50. The molecule has 0 unspecified atom stereocenters. The van der Waals surface area contributed by atoms with E-state index < -0.39 is 29.9 Å². The van der Waals surface area contributed by atoms with E-state index in [0.29, 0.717) is 37.1 Å². The standard InChI is InChI=1S/C29H42N6O8/c1-19(2)26(34-23(37)7-4-16-43-17-5-15-35-24(38)12-13-25(35)39)28(41)33-22(6-3-14-31-29(30)42)27(40)32-21-10-8-20(18-36)9-11-21/h8-13,19,22,26,36H,3-7,14-18H2,1-2H3,(H,32,40)(H,33,41)(H,34,37)(H3,30,31,42)/t22-,26-/m0/s1. The Kier molecular flexibility index (Phi) is 14.8. The Labute approximate surface area is 250 Å². The van der Waals surface area contributed by atoms with Crippen LogP contribution in [0.2, 0.25) is 0 Å². The number of benzene rings is 1. The highest BCUT2D eigenvalue weighted by Gasteiger charge is 2.29. The van der Waals surface area contributed by atoms with E-state index in [-0.39, 0.29) is 62.8 Å². The van der Waals surface area contributed by atoms with Gasteiger partial charge in [0.2, 0.25) is 17.7 Å². The van der Waals surface area contributed by atoms with E-state index in [2.05, 4.69) is 21.3 Å². The number of carbonyl (C=O) groups is 6. The van der Waals surface area contributed by atoms with Crippen molar-refractivity contribution in [2.45, 2.75) is 64.6 Å². The highest BCUT2D eigenvalue weighted by molar-refractivity contribution is 6.12. The van der Waals surface area contributed by atoms with Crippen molar-refractivity contribution >= 4 is 41.3 Å². The van der Waals surface area contributed by atoms with Crippen LogP contribution in [-0.4, -0.2) is 84.0 Å². The Balaban J connectivity index is 1.84. The summed E-state index contributed by atoms with van der Waals surface area (Å²) in [5, 5.41) is 19.9. The first-order chi connectivity index (χ1) is 20.5. The fourth-order valence-electron chi connectivity index (χ4n) is 4.16. The van der Waals surface area contributed by atoms with Crippen LogP contribution >= 0.6 is 0 Å². The van der Waals surface area contributed by atoms with E-state index >= 15 is 0 Å². The maximum Gasteiger partial charge on any atom is 0.312 e. The van der Waals surface area contributed by atoms with Crippen LogP contribution in [0, 0.1) is 5.92 Å². The number of rotatable bonds is 19. The van der Waals surface area contributed by atoms with Crippen molar-refractivity contribution in [1.82, 2.24) is 20.9 Å². The SMILES string of the molecule is CC(C)[C@H](NC(=O)CCCOCCCN1C(=O)C=CC1=O)C(=O)N[C@@H](CCCNC(N)=O)C(=O)Nc1ccc(CO)cc1. The minimum atomic E-state index is -0.965. The molecular formula is C29H42N6O8. The molecule has 7 amide bonds. The summed E-state index contributed by atoms with van der Waals surface area (Å²) in [5.41, 5.74) is 6.25. The van der Waals surface area contributed by atoms with Gasteiger partial charge in [0.05, 0.1) is 6.61 Å². The number of aliphatic hydroxyl groups is 1. The number of nitrogens with two attached hydrogens (primary N) is 1. The number of amides is 7. The number of nitrogens with zero attached hydrogens (tertiary/aromatic N) is 1. The van der Waals surface area contributed by atoms with Gasteiger partial charge in [-0.3, -0.25) is 28.9 Å². The second kappa shape index (κ2) is 18.3. The van der Waals surface area contributed by atoms with E-state index in [0.717, 1.165) is 4.90 Å². The molecule has 0 bridgehead atoms. The quantitative estimate of drug-likeness (QED) is 0.0956. The van der Waals surface area contributed by atoms with E-state index in [4.69, 9.17) is 10.5 Å². The molecule has 14 nitrogen and oxygen atoms in total. The Bertz CT molecular complexity index is 1140. The molecule has 236 valence electrons. The molecule has 14 heteroatoms. The van der Waals surface area contributed by atoms with Crippen molar-refractivity contribution in [2.75, 3.05) is 31.6 Å². The van der Waals surface area contributed by atoms with Gasteiger partial charge in [-0.05, 0) is 49.3 Å². The molecule has 1 aromatic carbocycles. The van der Waals surface area contributed by atoms with Gasteiger partial charge >= 0.3 is 6.03 Å². The van der Waals surface area contributed by atoms with Crippen LogP contribution in [0.15, 0.2) is 36.4 Å². The lowest BCUT2D eigenvalue weighted by Crippen LogP contribution is -2.54. The Morgan fingerprint density at radius 3 is 2.19 bits per heavy atom. The second-order valence-corrected chi connectivity index (χ2v) is 10.4. The summed E-state index contributed by atoms with van der Waals surface area (Å²) >= 11 is 0. The average Bonchev–Trinajstić information content (AvgIpc) is 3.29. The van der Waals surface area contributed by atoms with Crippen LogP contribution in [0.3, 0.4) is 0 Å². The third-order valence-corrected chi connectivity index (χ3v) is 6.53. The molecule has 7 N–H and O–H groups in total. The Hall–Kier alpha value is -4.30. The molecule has 2 rings (SSSR count). The van der Waals surface area contributed by atoms with Gasteiger partial charge in [0.15, 0.2) is 0 Å². The van der Waals surface area contributed by atoms with Crippen LogP contribution in [-0.2, 0) is 35.3 Å². The van der Waals surface area contributed by atoms with Crippen molar-refractivity contribution in [1.29, 1.82) is 0 Å². The van der Waals surface area contributed by atoms with Crippen LogP contribution in [0.1, 0.15) is 51.5 Å². The molecule has 1 aromatic rings. The van der Waals surface area contributed by atoms with Crippen molar-refractivity contribution in [3.8, 4) is 0 Å². The van der Waals surface area contributed by atoms with Gasteiger partial charge in [-0.25, -0.2) is 4.79 Å². The van der Waals surface area contributed by atoms with E-state index in [1.807, 2.05) is 0 Å². The van der Waals surface area contributed by atoms with Crippen LogP contribution in [0.5, 0.6) is 0 Å². The average molecular weight is 603 g/mol. The number of ether oxygens (including phenoxy) is 1. The normalized spacial score (nSPS) is 14.0. The molecule has 0 saturated heterocycles. The number of carbonyl (C=O) groups excluding carboxylic acids is 6. The maximum atomic E-state index is 13.2. The topological polar surface area (TPSA) is 209 Å². The van der Waals surface area contributed by atoms with Crippen molar-refractivity contribution in [3.05, 3.63) is 42.0 Å². The molecule has 0 spiro atoms. The number of nitrogens with one attached hydrogen (secondary N) is 4. The monoisotopic (exact) mass is 602 g/mol. The lowest BCUT2D eigenvalue weighted by atomic mass is 10.0. The first-order valence-corrected chi connectivity index (χ1v) is 14.3. The number of urea groups is 1. The number of imide groups is 1. The maximum absolute atomic E-state index is 13.2. The molecule has 2 atom stereocenters. The second-order valence-electron chi connectivity index (χ2n) is 10.4. The van der Waals surface area contributed by atoms with Gasteiger partial charge < -0.3 is 36.8 Å². The smallest absolute Gasteiger partial charge is 0.312 e. The summed E-state index contributed by atoms with van der Waals surface area (Å²) in [4.78, 5) is 74.1. The highest BCUT2D eigenvalue weighted by Crippen LogP contribution is 2.12. The molecule has 43 heavy (non-hydrogen) atoms. The predicted octanol–water partition coefficient (Wildman–Crippen LogP) is 0.303. The Morgan fingerprint density at radius 2 is 1.58 bits per heavy atom. The lowest BCUT2D eigenvalue weighted by Gasteiger charge is -2.25. The zero-order valence-corrected chi connectivity index (χ0v) is 24.6. The van der Waals surface area contributed by atoms with Crippen molar-refractivity contribution < 1.29 is 38.6 Å². The predicted molar refractivity (Wildman–Crippen MR) is 157 cm³/mol. The van der Waals surface area contributed by atoms with Gasteiger partial charge in [-0.1, -0.05) is 26.0 Å². The van der Waals surface area contributed by atoms with E-state index in [1.54, 1.807) is 38.1 Å². The lowest BCUT2D eigenvalue weighted by molar-refractivity contribution is -0.137. The van der Waals surface area contributed by atoms with Gasteiger partial charge in [0.25, 0.3) is 11.8 Å². The number of anilines is 1. The molecule has 1 aliphatic rings. The third kappa shape index (κ3) is 12.6. The van der Waals surface area contributed by atoms with E-state index in [1.165, 1.54) is 12.2 Å². The Morgan fingerprint density at radius 1 is 0.930 bits per heavy atom. The largest absolute Gasteiger partial charge is 0.392 e. The summed E-state index contributed by atoms with van der Waals surface area (Å²) in [6.45, 7) is 4.47. The van der Waals surface area contributed by atoms with Crippen LogP contribution in [0.4, 0.5) is 10.5 Å². The minimum Gasteiger partial charge on any atom is -0.392 e.